The lowest BCUT2D eigenvalue weighted by Crippen LogP contribution is -2.32. The average molecular weight is 319 g/mol. The number of hydrogen-bond acceptors (Lipinski definition) is 3. The summed E-state index contributed by atoms with van der Waals surface area (Å²) in [7, 11) is 0. The molecule has 1 aliphatic rings. The third-order valence-corrected chi connectivity index (χ3v) is 3.60. The van der Waals surface area contributed by atoms with E-state index in [2.05, 4.69) is 10.1 Å². The SMILES string of the molecule is O=C(Nc1ccc(OC(F)F)cc1)C1COc2ccccc2C1. The number of rotatable bonds is 4. The predicted molar refractivity (Wildman–Crippen MR) is 80.8 cm³/mol. The van der Waals surface area contributed by atoms with Gasteiger partial charge in [0, 0.05) is 5.69 Å². The van der Waals surface area contributed by atoms with E-state index in [4.69, 9.17) is 4.74 Å². The molecule has 4 nitrogen and oxygen atoms in total. The Morgan fingerprint density at radius 1 is 1.17 bits per heavy atom. The molecular formula is C17H15F2NO3. The van der Waals surface area contributed by atoms with Gasteiger partial charge in [0.1, 0.15) is 18.1 Å². The maximum Gasteiger partial charge on any atom is 0.387 e. The first-order valence-corrected chi connectivity index (χ1v) is 7.18. The summed E-state index contributed by atoms with van der Waals surface area (Å²) in [6.07, 6.45) is 0.606. The van der Waals surface area contributed by atoms with Crippen molar-refractivity contribution in [2.45, 2.75) is 13.0 Å². The van der Waals surface area contributed by atoms with Gasteiger partial charge in [-0.25, -0.2) is 0 Å². The topological polar surface area (TPSA) is 47.6 Å². The zero-order valence-electron chi connectivity index (χ0n) is 12.2. The third-order valence-electron chi connectivity index (χ3n) is 3.60. The number of ether oxygens (including phenoxy) is 2. The van der Waals surface area contributed by atoms with Gasteiger partial charge in [-0.3, -0.25) is 4.79 Å². The van der Waals surface area contributed by atoms with Crippen LogP contribution in [0.2, 0.25) is 0 Å². The molecule has 0 aliphatic carbocycles. The number of benzene rings is 2. The fourth-order valence-electron chi connectivity index (χ4n) is 2.46. The molecule has 0 saturated heterocycles. The highest BCUT2D eigenvalue weighted by Crippen LogP contribution is 2.27. The number of amides is 1. The van der Waals surface area contributed by atoms with Crippen LogP contribution in [-0.4, -0.2) is 19.1 Å². The lowest BCUT2D eigenvalue weighted by Gasteiger charge is -2.24. The van der Waals surface area contributed by atoms with Crippen molar-refractivity contribution >= 4 is 11.6 Å². The minimum atomic E-state index is -2.87. The maximum absolute atomic E-state index is 12.3. The second-order valence-electron chi connectivity index (χ2n) is 5.21. The Labute approximate surface area is 132 Å². The molecule has 1 atom stereocenters. The predicted octanol–water partition coefficient (Wildman–Crippen LogP) is 3.48. The molecule has 1 aliphatic heterocycles. The fourth-order valence-corrected chi connectivity index (χ4v) is 2.46. The number of nitrogens with one attached hydrogen (secondary N) is 1. The van der Waals surface area contributed by atoms with Gasteiger partial charge in [0.05, 0.1) is 5.92 Å². The van der Waals surface area contributed by atoms with Crippen LogP contribution in [0.3, 0.4) is 0 Å². The smallest absolute Gasteiger partial charge is 0.387 e. The second-order valence-corrected chi connectivity index (χ2v) is 5.21. The van der Waals surface area contributed by atoms with Gasteiger partial charge in [0.15, 0.2) is 0 Å². The maximum atomic E-state index is 12.3. The van der Waals surface area contributed by atoms with Crippen molar-refractivity contribution in [2.24, 2.45) is 5.92 Å². The van der Waals surface area contributed by atoms with Crippen molar-refractivity contribution in [1.29, 1.82) is 0 Å². The number of para-hydroxylation sites is 1. The molecule has 23 heavy (non-hydrogen) atoms. The average Bonchev–Trinajstić information content (AvgIpc) is 2.55. The standard InChI is InChI=1S/C17H15F2NO3/c18-17(19)23-14-7-5-13(6-8-14)20-16(21)12-9-11-3-1-2-4-15(11)22-10-12/h1-8,12,17H,9-10H2,(H,20,21). The van der Waals surface area contributed by atoms with Gasteiger partial charge in [0.25, 0.3) is 0 Å². The Kier molecular flexibility index (Phi) is 4.41. The molecule has 1 N–H and O–H groups in total. The van der Waals surface area contributed by atoms with Crippen LogP contribution in [0.4, 0.5) is 14.5 Å². The van der Waals surface area contributed by atoms with Crippen molar-refractivity contribution in [2.75, 3.05) is 11.9 Å². The highest BCUT2D eigenvalue weighted by molar-refractivity contribution is 5.93. The molecule has 0 spiro atoms. The minimum absolute atomic E-state index is 0.0490. The summed E-state index contributed by atoms with van der Waals surface area (Å²) in [5.74, 6) is 0.405. The lowest BCUT2D eigenvalue weighted by molar-refractivity contribution is -0.121. The molecule has 0 fully saturated rings. The summed E-state index contributed by atoms with van der Waals surface area (Å²) in [6, 6.07) is 13.4. The number of hydrogen-bond donors (Lipinski definition) is 1. The molecule has 0 radical (unpaired) electrons. The van der Waals surface area contributed by atoms with E-state index in [1.54, 1.807) is 0 Å². The van der Waals surface area contributed by atoms with Crippen molar-refractivity contribution < 1.29 is 23.0 Å². The van der Waals surface area contributed by atoms with Crippen LogP contribution in [0.15, 0.2) is 48.5 Å². The first kappa shape index (κ1) is 15.3. The molecule has 0 aromatic heterocycles. The summed E-state index contributed by atoms with van der Waals surface area (Å²) in [5.41, 5.74) is 1.52. The molecule has 1 unspecified atom stereocenters. The summed E-state index contributed by atoms with van der Waals surface area (Å²) in [4.78, 5) is 12.3. The molecule has 3 rings (SSSR count). The summed E-state index contributed by atoms with van der Waals surface area (Å²) in [6.45, 7) is -2.55. The Morgan fingerprint density at radius 3 is 2.65 bits per heavy atom. The monoisotopic (exact) mass is 319 g/mol. The molecule has 6 heteroatoms. The normalized spacial score (nSPS) is 16.4. The van der Waals surface area contributed by atoms with Crippen molar-refractivity contribution in [1.82, 2.24) is 0 Å². The van der Waals surface area contributed by atoms with Gasteiger partial charge in [0.2, 0.25) is 5.91 Å². The van der Waals surface area contributed by atoms with Gasteiger partial charge in [-0.15, -0.1) is 0 Å². The Balaban J connectivity index is 1.61. The highest BCUT2D eigenvalue weighted by Gasteiger charge is 2.25. The largest absolute Gasteiger partial charge is 0.492 e. The molecule has 0 bridgehead atoms. The highest BCUT2D eigenvalue weighted by atomic mass is 19.3. The number of halogens is 2. The van der Waals surface area contributed by atoms with Crippen molar-refractivity contribution in [3.8, 4) is 11.5 Å². The molecular weight excluding hydrogens is 304 g/mol. The van der Waals surface area contributed by atoms with Gasteiger partial charge in [-0.2, -0.15) is 8.78 Å². The number of anilines is 1. The van der Waals surface area contributed by atoms with Crippen LogP contribution in [0.1, 0.15) is 5.56 Å². The van der Waals surface area contributed by atoms with E-state index in [9.17, 15) is 13.6 Å². The Bertz CT molecular complexity index is 688. The van der Waals surface area contributed by atoms with E-state index >= 15 is 0 Å². The van der Waals surface area contributed by atoms with Crippen LogP contribution >= 0.6 is 0 Å². The molecule has 1 heterocycles. The second kappa shape index (κ2) is 6.64. The molecule has 120 valence electrons. The molecule has 0 saturated carbocycles. The van der Waals surface area contributed by atoms with E-state index in [1.165, 1.54) is 24.3 Å². The summed E-state index contributed by atoms with van der Waals surface area (Å²) < 4.78 is 34.0. The van der Waals surface area contributed by atoms with Crippen LogP contribution in [0.25, 0.3) is 0 Å². The molecule has 1 amide bonds. The van der Waals surface area contributed by atoms with Crippen LogP contribution < -0.4 is 14.8 Å². The van der Waals surface area contributed by atoms with E-state index < -0.39 is 6.61 Å². The van der Waals surface area contributed by atoms with Crippen LogP contribution in [0.5, 0.6) is 11.5 Å². The molecule has 2 aromatic carbocycles. The fraction of sp³-hybridized carbons (Fsp3) is 0.235. The quantitative estimate of drug-likeness (QED) is 0.938. The number of fused-ring (bicyclic) bond motifs is 1. The van der Waals surface area contributed by atoms with Gasteiger partial charge in [-0.05, 0) is 42.3 Å². The lowest BCUT2D eigenvalue weighted by atomic mass is 9.96. The van der Waals surface area contributed by atoms with E-state index in [0.29, 0.717) is 18.7 Å². The zero-order chi connectivity index (χ0) is 16.2. The zero-order valence-corrected chi connectivity index (χ0v) is 12.2. The minimum Gasteiger partial charge on any atom is -0.492 e. The van der Waals surface area contributed by atoms with Crippen molar-refractivity contribution in [3.63, 3.8) is 0 Å². The number of alkyl halides is 2. The molecule has 2 aromatic rings. The van der Waals surface area contributed by atoms with Crippen LogP contribution in [-0.2, 0) is 11.2 Å². The van der Waals surface area contributed by atoms with E-state index in [1.807, 2.05) is 24.3 Å². The number of carbonyl (C=O) groups excluding carboxylic acids is 1. The van der Waals surface area contributed by atoms with Gasteiger partial charge >= 0.3 is 6.61 Å². The first-order valence-electron chi connectivity index (χ1n) is 7.18. The Morgan fingerprint density at radius 2 is 1.91 bits per heavy atom. The van der Waals surface area contributed by atoms with Gasteiger partial charge in [-0.1, -0.05) is 18.2 Å². The van der Waals surface area contributed by atoms with Crippen molar-refractivity contribution in [3.05, 3.63) is 54.1 Å². The summed E-state index contributed by atoms with van der Waals surface area (Å²) >= 11 is 0. The first-order chi connectivity index (χ1) is 11.1. The van der Waals surface area contributed by atoms with E-state index in [0.717, 1.165) is 11.3 Å². The number of carbonyl (C=O) groups is 1. The van der Waals surface area contributed by atoms with Crippen LogP contribution in [0, 0.1) is 5.92 Å². The Hall–Kier alpha value is -2.63. The van der Waals surface area contributed by atoms with E-state index in [-0.39, 0.29) is 17.6 Å². The summed E-state index contributed by atoms with van der Waals surface area (Å²) in [5, 5.41) is 2.76. The van der Waals surface area contributed by atoms with Gasteiger partial charge < -0.3 is 14.8 Å². The third kappa shape index (κ3) is 3.77.